The molecule has 3 rings (SSSR count). The molecular formula is C19H21N3O2S. The van der Waals surface area contributed by atoms with Gasteiger partial charge in [-0.1, -0.05) is 36.4 Å². The molecule has 3 aromatic rings. The maximum Gasteiger partial charge on any atom is 0.263 e. The normalized spacial score (nSPS) is 11.5. The predicted molar refractivity (Wildman–Crippen MR) is 99.2 cm³/mol. The quantitative estimate of drug-likeness (QED) is 0.760. The first-order chi connectivity index (χ1) is 11.8. The molecule has 0 atom stereocenters. The second-order valence-electron chi connectivity index (χ2n) is 6.20. The van der Waals surface area contributed by atoms with E-state index in [9.17, 15) is 8.42 Å². The summed E-state index contributed by atoms with van der Waals surface area (Å²) < 4.78 is 29.6. The number of anilines is 1. The van der Waals surface area contributed by atoms with Crippen LogP contribution >= 0.6 is 0 Å². The van der Waals surface area contributed by atoms with Gasteiger partial charge in [0.2, 0.25) is 0 Å². The number of rotatable bonds is 5. The average Bonchev–Trinajstić information content (AvgIpc) is 2.98. The molecule has 0 spiro atoms. The Morgan fingerprint density at radius 3 is 2.52 bits per heavy atom. The van der Waals surface area contributed by atoms with Crippen LogP contribution in [0.25, 0.3) is 0 Å². The Kier molecular flexibility index (Phi) is 4.63. The lowest BCUT2D eigenvalue weighted by atomic mass is 10.1. The topological polar surface area (TPSA) is 64.0 Å². The van der Waals surface area contributed by atoms with Crippen molar-refractivity contribution in [1.29, 1.82) is 0 Å². The van der Waals surface area contributed by atoms with Crippen LogP contribution < -0.4 is 4.72 Å². The Morgan fingerprint density at radius 2 is 1.76 bits per heavy atom. The molecule has 5 nitrogen and oxygen atoms in total. The van der Waals surface area contributed by atoms with E-state index in [2.05, 4.69) is 9.82 Å². The monoisotopic (exact) mass is 355 g/mol. The summed E-state index contributed by atoms with van der Waals surface area (Å²) in [6.45, 7) is 6.29. The van der Waals surface area contributed by atoms with Crippen LogP contribution in [0.2, 0.25) is 0 Å². The molecule has 0 fully saturated rings. The van der Waals surface area contributed by atoms with Crippen LogP contribution in [0.15, 0.2) is 59.6 Å². The van der Waals surface area contributed by atoms with Gasteiger partial charge in [-0.3, -0.25) is 9.40 Å². The highest BCUT2D eigenvalue weighted by molar-refractivity contribution is 7.92. The highest BCUT2D eigenvalue weighted by Gasteiger charge is 2.18. The minimum atomic E-state index is -3.66. The molecule has 0 aliphatic heterocycles. The van der Waals surface area contributed by atoms with Gasteiger partial charge in [-0.15, -0.1) is 0 Å². The summed E-state index contributed by atoms with van der Waals surface area (Å²) in [5.74, 6) is 0.314. The van der Waals surface area contributed by atoms with Crippen LogP contribution in [0.5, 0.6) is 0 Å². The Bertz CT molecular complexity index is 1010. The van der Waals surface area contributed by atoms with Crippen molar-refractivity contribution in [3.63, 3.8) is 0 Å². The molecule has 0 saturated heterocycles. The van der Waals surface area contributed by atoms with Crippen molar-refractivity contribution < 1.29 is 8.42 Å². The van der Waals surface area contributed by atoms with Gasteiger partial charge < -0.3 is 0 Å². The summed E-state index contributed by atoms with van der Waals surface area (Å²) in [6, 6.07) is 15.1. The van der Waals surface area contributed by atoms with Gasteiger partial charge >= 0.3 is 0 Å². The fourth-order valence-electron chi connectivity index (χ4n) is 2.66. The van der Waals surface area contributed by atoms with Crippen molar-refractivity contribution in [2.45, 2.75) is 32.2 Å². The highest BCUT2D eigenvalue weighted by atomic mass is 32.2. The maximum absolute atomic E-state index is 12.6. The van der Waals surface area contributed by atoms with E-state index in [-0.39, 0.29) is 4.90 Å². The zero-order valence-electron chi connectivity index (χ0n) is 14.5. The molecule has 25 heavy (non-hydrogen) atoms. The van der Waals surface area contributed by atoms with Crippen molar-refractivity contribution in [2.24, 2.45) is 0 Å². The van der Waals surface area contributed by atoms with Crippen molar-refractivity contribution in [2.75, 3.05) is 4.72 Å². The molecule has 0 unspecified atom stereocenters. The van der Waals surface area contributed by atoms with Gasteiger partial charge in [0.15, 0.2) is 5.82 Å². The van der Waals surface area contributed by atoms with Crippen molar-refractivity contribution in [3.05, 3.63) is 77.0 Å². The summed E-state index contributed by atoms with van der Waals surface area (Å²) in [5.41, 5.74) is 3.93. The third kappa shape index (κ3) is 3.91. The van der Waals surface area contributed by atoms with E-state index in [1.54, 1.807) is 36.0 Å². The predicted octanol–water partition coefficient (Wildman–Crippen LogP) is 3.66. The molecule has 6 heteroatoms. The number of nitrogens with one attached hydrogen (secondary N) is 1. The second kappa shape index (κ2) is 6.72. The molecule has 0 amide bonds. The van der Waals surface area contributed by atoms with E-state index < -0.39 is 10.0 Å². The number of hydrogen-bond donors (Lipinski definition) is 1. The zero-order chi connectivity index (χ0) is 18.0. The Balaban J connectivity index is 1.81. The van der Waals surface area contributed by atoms with Gasteiger partial charge in [0, 0.05) is 12.3 Å². The van der Waals surface area contributed by atoms with Crippen LogP contribution in [0.4, 0.5) is 5.82 Å². The number of benzene rings is 2. The second-order valence-corrected chi connectivity index (χ2v) is 7.85. The molecule has 130 valence electrons. The first-order valence-corrected chi connectivity index (χ1v) is 9.51. The smallest absolute Gasteiger partial charge is 0.263 e. The summed E-state index contributed by atoms with van der Waals surface area (Å²) in [4.78, 5) is 0.279. The molecule has 1 aromatic heterocycles. The van der Waals surface area contributed by atoms with Gasteiger partial charge in [0.1, 0.15) is 0 Å². The standard InChI is InChI=1S/C19H21N3O2S/c1-14-8-9-16(3)18(12-14)25(23,24)21-19-10-11-22(20-19)13-17-7-5-4-6-15(17)2/h4-12H,13H2,1-3H3,(H,20,21). The van der Waals surface area contributed by atoms with Crippen molar-refractivity contribution in [3.8, 4) is 0 Å². The first kappa shape index (κ1) is 17.2. The van der Waals surface area contributed by atoms with Gasteiger partial charge in [-0.2, -0.15) is 5.10 Å². The van der Waals surface area contributed by atoms with E-state index in [0.29, 0.717) is 17.9 Å². The fourth-order valence-corrected chi connectivity index (χ4v) is 3.98. The average molecular weight is 355 g/mol. The van der Waals surface area contributed by atoms with E-state index >= 15 is 0 Å². The van der Waals surface area contributed by atoms with Crippen LogP contribution in [-0.2, 0) is 16.6 Å². The minimum absolute atomic E-state index is 0.279. The van der Waals surface area contributed by atoms with E-state index in [4.69, 9.17) is 0 Å². The Labute approximate surface area is 148 Å². The van der Waals surface area contributed by atoms with Crippen molar-refractivity contribution >= 4 is 15.8 Å². The molecule has 1 heterocycles. The molecular weight excluding hydrogens is 334 g/mol. The van der Waals surface area contributed by atoms with Crippen LogP contribution in [-0.4, -0.2) is 18.2 Å². The van der Waals surface area contributed by atoms with Crippen molar-refractivity contribution in [1.82, 2.24) is 9.78 Å². The molecule has 0 radical (unpaired) electrons. The minimum Gasteiger partial charge on any atom is -0.266 e. The maximum atomic E-state index is 12.6. The summed E-state index contributed by atoms with van der Waals surface area (Å²) in [7, 11) is -3.66. The number of aryl methyl sites for hydroxylation is 3. The Hall–Kier alpha value is -2.60. The summed E-state index contributed by atoms with van der Waals surface area (Å²) in [6.07, 6.45) is 1.77. The lowest BCUT2D eigenvalue weighted by Crippen LogP contribution is -2.15. The lowest BCUT2D eigenvalue weighted by Gasteiger charge is -2.09. The molecule has 1 N–H and O–H groups in total. The number of aromatic nitrogens is 2. The molecule has 0 saturated carbocycles. The lowest BCUT2D eigenvalue weighted by molar-refractivity contribution is 0.600. The number of sulfonamides is 1. The zero-order valence-corrected chi connectivity index (χ0v) is 15.3. The molecule has 2 aromatic carbocycles. The van der Waals surface area contributed by atoms with Crippen LogP contribution in [0, 0.1) is 20.8 Å². The molecule has 0 aliphatic carbocycles. The summed E-state index contributed by atoms with van der Waals surface area (Å²) in [5, 5.41) is 4.34. The fraction of sp³-hybridized carbons (Fsp3) is 0.211. The van der Waals surface area contributed by atoms with Gasteiger partial charge in [0.05, 0.1) is 11.4 Å². The van der Waals surface area contributed by atoms with Gasteiger partial charge in [0.25, 0.3) is 10.0 Å². The summed E-state index contributed by atoms with van der Waals surface area (Å²) >= 11 is 0. The van der Waals surface area contributed by atoms with Gasteiger partial charge in [-0.25, -0.2) is 8.42 Å². The largest absolute Gasteiger partial charge is 0.266 e. The molecule has 0 aliphatic rings. The van der Waals surface area contributed by atoms with Crippen LogP contribution in [0.1, 0.15) is 22.3 Å². The van der Waals surface area contributed by atoms with E-state index in [1.807, 2.05) is 44.2 Å². The number of hydrogen-bond acceptors (Lipinski definition) is 3. The highest BCUT2D eigenvalue weighted by Crippen LogP contribution is 2.20. The third-order valence-electron chi connectivity index (χ3n) is 4.11. The first-order valence-electron chi connectivity index (χ1n) is 8.03. The van der Waals surface area contributed by atoms with Crippen LogP contribution in [0.3, 0.4) is 0 Å². The van der Waals surface area contributed by atoms with E-state index in [0.717, 1.165) is 11.1 Å². The van der Waals surface area contributed by atoms with Gasteiger partial charge in [-0.05, 0) is 49.1 Å². The number of nitrogens with zero attached hydrogens (tertiary/aromatic N) is 2. The Morgan fingerprint density at radius 1 is 1.00 bits per heavy atom. The molecule has 0 bridgehead atoms. The van der Waals surface area contributed by atoms with E-state index in [1.165, 1.54) is 5.56 Å². The third-order valence-corrected chi connectivity index (χ3v) is 5.60. The SMILES string of the molecule is Cc1ccc(C)c(S(=O)(=O)Nc2ccn(Cc3ccccc3C)n2)c1.